The maximum Gasteiger partial charge on any atom is 0.237 e. The molecule has 0 N–H and O–H groups in total. The molecule has 1 aromatic heterocycles. The Hall–Kier alpha value is -2.50. The number of halogens is 2. The van der Waals surface area contributed by atoms with Crippen LogP contribution in [0.15, 0.2) is 45.8 Å². The molecule has 0 aliphatic carbocycles. The second-order valence-electron chi connectivity index (χ2n) is 6.25. The first-order valence-electron chi connectivity index (χ1n) is 8.72. The van der Waals surface area contributed by atoms with Crippen LogP contribution in [-0.2, 0) is 6.61 Å². The van der Waals surface area contributed by atoms with E-state index in [-0.39, 0.29) is 0 Å². The van der Waals surface area contributed by atoms with Crippen molar-refractivity contribution in [2.45, 2.75) is 20.5 Å². The summed E-state index contributed by atoms with van der Waals surface area (Å²) in [5.41, 5.74) is 2.94. The summed E-state index contributed by atoms with van der Waals surface area (Å²) in [6.45, 7) is 3.98. The minimum atomic E-state index is 0.301. The largest absolute Gasteiger partial charge is 0.493 e. The summed E-state index contributed by atoms with van der Waals surface area (Å²) >= 11 is 8.39. The van der Waals surface area contributed by atoms with Crippen LogP contribution < -0.4 is 9.47 Å². The van der Waals surface area contributed by atoms with Gasteiger partial charge in [-0.2, -0.15) is 5.26 Å². The van der Waals surface area contributed by atoms with Crippen LogP contribution in [0.3, 0.4) is 0 Å². The van der Waals surface area contributed by atoms with Crippen LogP contribution in [0.2, 0.25) is 5.02 Å². The van der Waals surface area contributed by atoms with Gasteiger partial charge in [-0.15, -0.1) is 0 Å². The van der Waals surface area contributed by atoms with Crippen molar-refractivity contribution >= 4 is 46.3 Å². The first-order chi connectivity index (χ1) is 13.9. The van der Waals surface area contributed by atoms with Crippen molar-refractivity contribution in [3.63, 3.8) is 0 Å². The van der Waals surface area contributed by atoms with Crippen molar-refractivity contribution in [2.24, 2.45) is 4.99 Å². The summed E-state index contributed by atoms with van der Waals surface area (Å²) in [4.78, 5) is 4.35. The van der Waals surface area contributed by atoms with E-state index in [0.29, 0.717) is 40.3 Å². The van der Waals surface area contributed by atoms with Gasteiger partial charge in [0.05, 0.1) is 10.7 Å². The van der Waals surface area contributed by atoms with Crippen molar-refractivity contribution in [1.29, 1.82) is 5.26 Å². The summed E-state index contributed by atoms with van der Waals surface area (Å²) in [7, 11) is 1.59. The van der Waals surface area contributed by atoms with E-state index in [1.807, 2.05) is 50.2 Å². The molecule has 148 valence electrons. The molecule has 2 aromatic carbocycles. The minimum Gasteiger partial charge on any atom is -0.493 e. The van der Waals surface area contributed by atoms with E-state index in [1.54, 1.807) is 13.3 Å². The summed E-state index contributed by atoms with van der Waals surface area (Å²) < 4.78 is 17.9. The first-order valence-corrected chi connectivity index (χ1v) is 10.2. The highest BCUT2D eigenvalue weighted by Gasteiger charge is 2.15. The van der Waals surface area contributed by atoms with Crippen LogP contribution in [0.5, 0.6) is 11.5 Å². The van der Waals surface area contributed by atoms with Crippen molar-refractivity contribution in [1.82, 2.24) is 0 Å². The molecule has 7 heteroatoms. The number of hydrogen-bond acceptors (Lipinski definition) is 5. The fourth-order valence-corrected chi connectivity index (χ4v) is 3.66. The maximum absolute atomic E-state index is 9.31. The molecule has 1 heterocycles. The van der Waals surface area contributed by atoms with Crippen LogP contribution in [0.1, 0.15) is 28.0 Å². The lowest BCUT2D eigenvalue weighted by Gasteiger charge is -2.14. The average molecular weight is 521 g/mol. The number of methoxy groups -OCH3 is 1. The molecule has 0 amide bonds. The molecule has 0 unspecified atom stereocenters. The van der Waals surface area contributed by atoms with Gasteiger partial charge in [0.1, 0.15) is 24.0 Å². The maximum atomic E-state index is 9.31. The molecule has 0 bridgehead atoms. The number of benzene rings is 2. The van der Waals surface area contributed by atoms with Gasteiger partial charge >= 0.3 is 0 Å². The molecule has 0 saturated heterocycles. The molecule has 0 fully saturated rings. The van der Waals surface area contributed by atoms with Gasteiger partial charge in [0.25, 0.3) is 0 Å². The average Bonchev–Trinajstić information content (AvgIpc) is 2.99. The Bertz CT molecular complexity index is 1120. The van der Waals surface area contributed by atoms with Gasteiger partial charge in [-0.3, -0.25) is 0 Å². The quantitative estimate of drug-likeness (QED) is 0.280. The topological polar surface area (TPSA) is 67.8 Å². The van der Waals surface area contributed by atoms with Crippen LogP contribution in [-0.4, -0.2) is 13.3 Å². The number of ether oxygens (including phenoxy) is 2. The van der Waals surface area contributed by atoms with E-state index in [4.69, 9.17) is 25.5 Å². The molecule has 0 spiro atoms. The molecule has 0 aliphatic rings. The number of furan rings is 1. The highest BCUT2D eigenvalue weighted by atomic mass is 127. The van der Waals surface area contributed by atoms with E-state index in [9.17, 15) is 5.26 Å². The van der Waals surface area contributed by atoms with E-state index < -0.39 is 0 Å². The van der Waals surface area contributed by atoms with E-state index in [0.717, 1.165) is 20.3 Å². The van der Waals surface area contributed by atoms with Gasteiger partial charge in [-0.05, 0) is 60.2 Å². The van der Waals surface area contributed by atoms with Crippen LogP contribution in [0.4, 0.5) is 5.88 Å². The van der Waals surface area contributed by atoms with E-state index >= 15 is 0 Å². The van der Waals surface area contributed by atoms with Crippen molar-refractivity contribution in [3.8, 4) is 17.6 Å². The summed E-state index contributed by atoms with van der Waals surface area (Å²) in [6.07, 6.45) is 1.64. The molecular formula is C22H18ClIN2O3. The molecular weight excluding hydrogens is 503 g/mol. The third-order valence-corrected chi connectivity index (χ3v) is 5.56. The molecule has 3 aromatic rings. The van der Waals surface area contributed by atoms with Crippen molar-refractivity contribution in [2.75, 3.05) is 7.11 Å². The Morgan fingerprint density at radius 3 is 2.72 bits per heavy atom. The van der Waals surface area contributed by atoms with Crippen LogP contribution in [0.25, 0.3) is 0 Å². The number of nitrogens with zero attached hydrogens (tertiary/aromatic N) is 2. The smallest absolute Gasteiger partial charge is 0.237 e. The predicted molar refractivity (Wildman–Crippen MR) is 122 cm³/mol. The molecule has 5 nitrogen and oxygen atoms in total. The SMILES string of the molecule is COc1cc(C=Nc2oc(C)c(C)c2C#N)cc(I)c1OCc1ccccc1Cl. The Balaban J connectivity index is 1.86. The number of nitriles is 1. The standard InChI is InChI=1S/C22H18ClIN2O3/c1-13-14(2)29-22(17(13)10-25)26-11-15-8-19(24)21(20(9-15)27-3)28-12-16-6-4-5-7-18(16)23/h4-9,11H,12H2,1-3H3. The first kappa shape index (κ1) is 21.2. The van der Waals surface area contributed by atoms with Crippen molar-refractivity contribution < 1.29 is 13.9 Å². The Morgan fingerprint density at radius 1 is 1.28 bits per heavy atom. The zero-order chi connectivity index (χ0) is 21.0. The summed E-state index contributed by atoms with van der Waals surface area (Å²) in [5.74, 6) is 2.20. The van der Waals surface area contributed by atoms with Crippen molar-refractivity contribution in [3.05, 3.63) is 73.0 Å². The van der Waals surface area contributed by atoms with E-state index in [2.05, 4.69) is 33.7 Å². The lowest BCUT2D eigenvalue weighted by molar-refractivity contribution is 0.282. The lowest BCUT2D eigenvalue weighted by Crippen LogP contribution is -2.01. The molecule has 3 rings (SSSR count). The molecule has 0 atom stereocenters. The van der Waals surface area contributed by atoms with Crippen LogP contribution >= 0.6 is 34.2 Å². The molecule has 0 radical (unpaired) electrons. The Labute approximate surface area is 188 Å². The van der Waals surface area contributed by atoms with Gasteiger partial charge in [0, 0.05) is 22.4 Å². The molecule has 0 saturated carbocycles. The molecule has 0 aliphatic heterocycles. The number of aliphatic imine (C=N–C) groups is 1. The highest BCUT2D eigenvalue weighted by molar-refractivity contribution is 14.1. The normalized spacial score (nSPS) is 10.9. The third kappa shape index (κ3) is 4.74. The number of hydrogen-bond donors (Lipinski definition) is 0. The minimum absolute atomic E-state index is 0.301. The van der Waals surface area contributed by atoms with Gasteiger partial charge in [-0.25, -0.2) is 4.99 Å². The van der Waals surface area contributed by atoms with Gasteiger partial charge in [0.15, 0.2) is 11.5 Å². The number of rotatable bonds is 6. The summed E-state index contributed by atoms with van der Waals surface area (Å²) in [6, 6.07) is 13.4. The highest BCUT2D eigenvalue weighted by Crippen LogP contribution is 2.35. The Kier molecular flexibility index (Phi) is 6.83. The van der Waals surface area contributed by atoms with Gasteiger partial charge < -0.3 is 13.9 Å². The lowest BCUT2D eigenvalue weighted by atomic mass is 10.2. The Morgan fingerprint density at radius 2 is 2.03 bits per heavy atom. The number of aryl methyl sites for hydroxylation is 1. The summed E-state index contributed by atoms with van der Waals surface area (Å²) in [5, 5.41) is 9.97. The third-order valence-electron chi connectivity index (χ3n) is 4.39. The van der Waals surface area contributed by atoms with Gasteiger partial charge in [-0.1, -0.05) is 29.8 Å². The van der Waals surface area contributed by atoms with Gasteiger partial charge in [0.2, 0.25) is 5.88 Å². The van der Waals surface area contributed by atoms with E-state index in [1.165, 1.54) is 0 Å². The monoisotopic (exact) mass is 520 g/mol. The zero-order valence-corrected chi connectivity index (χ0v) is 19.0. The fourth-order valence-electron chi connectivity index (χ4n) is 2.68. The second-order valence-corrected chi connectivity index (χ2v) is 7.82. The predicted octanol–water partition coefficient (Wildman–Crippen LogP) is 6.36. The van der Waals surface area contributed by atoms with Crippen LogP contribution in [0, 0.1) is 28.7 Å². The zero-order valence-electron chi connectivity index (χ0n) is 16.1. The second kappa shape index (κ2) is 9.33. The molecule has 29 heavy (non-hydrogen) atoms. The fraction of sp³-hybridized carbons (Fsp3) is 0.182.